The van der Waals surface area contributed by atoms with E-state index in [9.17, 15) is 9.90 Å². The van der Waals surface area contributed by atoms with E-state index in [0.29, 0.717) is 31.7 Å². The van der Waals surface area contributed by atoms with Crippen molar-refractivity contribution in [3.05, 3.63) is 71.6 Å². The van der Waals surface area contributed by atoms with Gasteiger partial charge in [0.2, 0.25) is 5.36 Å². The molecule has 0 saturated carbocycles. The molecule has 1 atom stereocenters. The Morgan fingerprint density at radius 3 is 2.27 bits per heavy atom. The van der Waals surface area contributed by atoms with Crippen molar-refractivity contribution in [3.63, 3.8) is 0 Å². The van der Waals surface area contributed by atoms with Gasteiger partial charge >= 0.3 is 0 Å². The van der Waals surface area contributed by atoms with Crippen molar-refractivity contribution in [1.82, 2.24) is 14.1 Å². The second-order valence-corrected chi connectivity index (χ2v) is 16.2. The van der Waals surface area contributed by atoms with Crippen LogP contribution < -0.4 is 19.9 Å². The molecule has 0 radical (unpaired) electrons. The lowest BCUT2D eigenvalue weighted by atomic mass is 9.90. The molecule has 0 saturated heterocycles. The number of nitrogens with zero attached hydrogens (tertiary/aromatic N) is 6. The summed E-state index contributed by atoms with van der Waals surface area (Å²) in [5, 5.41) is 23.4. The summed E-state index contributed by atoms with van der Waals surface area (Å²) in [7, 11) is 0.552. The number of benzene rings is 3. The highest BCUT2D eigenvalue weighted by Crippen LogP contribution is 2.44. The quantitative estimate of drug-likeness (QED) is 0.0153. The zero-order valence-corrected chi connectivity index (χ0v) is 38.0. The predicted octanol–water partition coefficient (Wildman–Crippen LogP) is 8.52. The van der Waals surface area contributed by atoms with Crippen molar-refractivity contribution in [1.29, 1.82) is 5.26 Å². The van der Waals surface area contributed by atoms with E-state index >= 15 is 0 Å². The van der Waals surface area contributed by atoms with Gasteiger partial charge in [-0.05, 0) is 83.2 Å². The van der Waals surface area contributed by atoms with Crippen molar-refractivity contribution in [2.24, 2.45) is 4.99 Å². The van der Waals surface area contributed by atoms with E-state index in [1.807, 2.05) is 24.3 Å². The third-order valence-electron chi connectivity index (χ3n) is 10.5. The van der Waals surface area contributed by atoms with Crippen LogP contribution in [0.3, 0.4) is 0 Å². The van der Waals surface area contributed by atoms with Crippen LogP contribution in [0.5, 0.6) is 0 Å². The molecule has 0 spiro atoms. The minimum Gasteiger partial charge on any atom is -0.599 e. The highest BCUT2D eigenvalue weighted by Gasteiger charge is 2.24. The Morgan fingerprint density at radius 1 is 0.850 bits per heavy atom. The van der Waals surface area contributed by atoms with Crippen LogP contribution in [0, 0.1) is 11.3 Å². The average molecular weight is 843 g/mol. The van der Waals surface area contributed by atoms with Gasteiger partial charge in [0.15, 0.2) is 0 Å². The molecule has 1 aliphatic carbocycles. The number of carbonyl (C=O) groups excluding carboxylic acids is 1. The first-order valence-corrected chi connectivity index (χ1v) is 23.1. The van der Waals surface area contributed by atoms with Gasteiger partial charge in [-0.25, -0.2) is 9.25 Å². The minimum atomic E-state index is -1.17. The molecule has 0 fully saturated rings. The number of fused-ring (bicyclic) bond motifs is 2. The normalized spacial score (nSPS) is 12.2. The second kappa shape index (κ2) is 25.9. The van der Waals surface area contributed by atoms with Crippen LogP contribution >= 0.6 is 8.53 Å². The maximum Gasteiger partial charge on any atom is 0.258 e. The first-order valence-electron chi connectivity index (χ1n) is 21.9. The number of hydrogen-bond acceptors (Lipinski definition) is 10. The SMILES string of the molecule is CCCN(CCC)P(OCCC#N)OCCCCCCN=C([O-])OCCN(C)C(=O)c1ccccc1-c1c2ccc(=[N+](CC)CC)cc-2oc2cc(N(CC)CC)ccc12. The van der Waals surface area contributed by atoms with Crippen LogP contribution in [0.2, 0.25) is 0 Å². The topological polar surface area (TPSA) is 130 Å². The summed E-state index contributed by atoms with van der Waals surface area (Å²) in [4.78, 5) is 22.1. The van der Waals surface area contributed by atoms with Crippen molar-refractivity contribution in [2.75, 3.05) is 84.1 Å². The summed E-state index contributed by atoms with van der Waals surface area (Å²) in [6, 6.07) is 22.5. The number of aliphatic imine (C=N–C) groups is 1. The first kappa shape index (κ1) is 48.1. The van der Waals surface area contributed by atoms with Crippen molar-refractivity contribution in [3.8, 4) is 28.5 Å². The number of unbranched alkanes of at least 4 members (excludes halogenated alkanes) is 3. The number of ether oxygens (including phenoxy) is 1. The fourth-order valence-electron chi connectivity index (χ4n) is 7.28. The Kier molecular flexibility index (Phi) is 20.8. The van der Waals surface area contributed by atoms with Gasteiger partial charge < -0.3 is 33.1 Å². The van der Waals surface area contributed by atoms with E-state index in [1.54, 1.807) is 11.9 Å². The van der Waals surface area contributed by atoms with Gasteiger partial charge in [-0.2, -0.15) is 5.26 Å². The summed E-state index contributed by atoms with van der Waals surface area (Å²) < 4.78 is 28.7. The lowest BCUT2D eigenvalue weighted by molar-refractivity contribution is -0.250. The van der Waals surface area contributed by atoms with Gasteiger partial charge in [0.25, 0.3) is 14.4 Å². The van der Waals surface area contributed by atoms with Crippen LogP contribution in [0.1, 0.15) is 96.8 Å². The van der Waals surface area contributed by atoms with Crippen LogP contribution in [-0.2, 0) is 13.8 Å². The Hall–Kier alpha value is -4.53. The Balaban J connectivity index is 1.38. The molecule has 2 aliphatic rings. The number of nitriles is 1. The van der Waals surface area contributed by atoms with Gasteiger partial charge in [0, 0.05) is 92.8 Å². The summed E-state index contributed by atoms with van der Waals surface area (Å²) in [6.07, 6.45) is 5.25. The molecule has 1 heterocycles. The van der Waals surface area contributed by atoms with E-state index in [2.05, 4.69) is 103 Å². The molecular weight excluding hydrogens is 776 g/mol. The lowest BCUT2D eigenvalue weighted by Crippen LogP contribution is -2.33. The van der Waals surface area contributed by atoms with Gasteiger partial charge in [-0.15, -0.1) is 0 Å². The summed E-state index contributed by atoms with van der Waals surface area (Å²) in [6.45, 7) is 19.8. The number of carbonyl (C=O) groups is 1. The first-order chi connectivity index (χ1) is 29.2. The molecular formula is C47H67N6O6P. The van der Waals surface area contributed by atoms with E-state index in [1.165, 1.54) is 0 Å². The molecule has 1 aliphatic heterocycles. The Bertz CT molecular complexity index is 2030. The molecule has 1 unspecified atom stereocenters. The van der Waals surface area contributed by atoms with Gasteiger partial charge in [0.1, 0.15) is 30.5 Å². The van der Waals surface area contributed by atoms with E-state index < -0.39 is 14.6 Å². The summed E-state index contributed by atoms with van der Waals surface area (Å²) in [5.41, 5.74) is 5.07. The highest BCUT2D eigenvalue weighted by atomic mass is 31.2. The monoisotopic (exact) mass is 842 g/mol. The fraction of sp³-hybridized carbons (Fsp3) is 0.532. The number of hydrogen-bond donors (Lipinski definition) is 0. The molecule has 0 aromatic heterocycles. The van der Waals surface area contributed by atoms with Gasteiger partial charge in [-0.1, -0.05) is 44.9 Å². The third-order valence-corrected chi connectivity index (χ3v) is 12.1. The predicted molar refractivity (Wildman–Crippen MR) is 243 cm³/mol. The van der Waals surface area contributed by atoms with Gasteiger partial charge in [0.05, 0.1) is 31.8 Å². The van der Waals surface area contributed by atoms with Crippen LogP contribution in [0.4, 0.5) is 5.69 Å². The molecule has 12 nitrogen and oxygen atoms in total. The summed E-state index contributed by atoms with van der Waals surface area (Å²) >= 11 is 0. The maximum atomic E-state index is 14.1. The summed E-state index contributed by atoms with van der Waals surface area (Å²) in [5.74, 6) is 0.581. The average Bonchev–Trinajstić information content (AvgIpc) is 3.26. The smallest absolute Gasteiger partial charge is 0.258 e. The van der Waals surface area contributed by atoms with E-state index in [4.69, 9.17) is 23.5 Å². The molecule has 60 heavy (non-hydrogen) atoms. The lowest BCUT2D eigenvalue weighted by Gasteiger charge is -2.28. The zero-order chi connectivity index (χ0) is 43.3. The third kappa shape index (κ3) is 13.5. The maximum absolute atomic E-state index is 14.1. The zero-order valence-electron chi connectivity index (χ0n) is 37.1. The number of likely N-dealkylation sites (N-methyl/N-ethyl adjacent to an activating group) is 1. The number of anilines is 1. The highest BCUT2D eigenvalue weighted by molar-refractivity contribution is 7.44. The van der Waals surface area contributed by atoms with Crippen molar-refractivity contribution >= 4 is 37.2 Å². The van der Waals surface area contributed by atoms with E-state index in [0.717, 1.165) is 122 Å². The number of rotatable bonds is 26. The van der Waals surface area contributed by atoms with Crippen molar-refractivity contribution in [2.45, 2.75) is 86.5 Å². The molecule has 0 bridgehead atoms. The van der Waals surface area contributed by atoms with Crippen molar-refractivity contribution < 1.29 is 28.1 Å². The molecule has 2 aromatic carbocycles. The van der Waals surface area contributed by atoms with E-state index in [-0.39, 0.29) is 19.1 Å². The molecule has 1 amide bonds. The Labute approximate surface area is 359 Å². The molecule has 2 aromatic rings. The fourth-order valence-corrected chi connectivity index (χ4v) is 8.94. The van der Waals surface area contributed by atoms with Crippen LogP contribution in [-0.4, -0.2) is 101 Å². The largest absolute Gasteiger partial charge is 0.599 e. The molecule has 13 heteroatoms. The molecule has 0 N–H and O–H groups in total. The van der Waals surface area contributed by atoms with Crippen LogP contribution in [0.25, 0.3) is 33.4 Å². The molecule has 4 rings (SSSR count). The van der Waals surface area contributed by atoms with Crippen LogP contribution in [0.15, 0.2) is 70.1 Å². The van der Waals surface area contributed by atoms with Gasteiger partial charge in [-0.3, -0.25) is 9.79 Å². The standard InChI is InChI=1S/C47H67N6O6P/c1-8-29-53(30-9-2)60(58-33-20-27-48)57-32-19-15-14-18-28-49-47(55)56-34-31-50(7)46(54)40-22-17-16-21-39(40)45-41-25-23-37(51(10-3)11-4)35-43(41)59-44-36-38(24-26-42(44)45)52(12-5)13-6/h16-17,21-26,35-36H,8-15,18-20,28-34H2,1-7H3. The number of amides is 1. The molecule has 326 valence electrons. The minimum absolute atomic E-state index is 0.0366. The Morgan fingerprint density at radius 2 is 1.57 bits per heavy atom. The second-order valence-electron chi connectivity index (χ2n) is 14.6.